The van der Waals surface area contributed by atoms with Gasteiger partial charge in [-0.25, -0.2) is 0 Å². The number of methoxy groups -OCH3 is 1. The largest absolute Gasteiger partial charge is 0.497 e. The van der Waals surface area contributed by atoms with Crippen molar-refractivity contribution < 1.29 is 9.84 Å². The molecular weight excluding hydrogens is 290 g/mol. The van der Waals surface area contributed by atoms with Gasteiger partial charge in [-0.15, -0.1) is 0 Å². The van der Waals surface area contributed by atoms with Gasteiger partial charge in [0.1, 0.15) is 5.75 Å². The third-order valence-corrected chi connectivity index (χ3v) is 4.36. The van der Waals surface area contributed by atoms with Crippen LogP contribution in [0.15, 0.2) is 30.5 Å². The van der Waals surface area contributed by atoms with Crippen molar-refractivity contribution in [1.82, 2.24) is 9.88 Å². The first-order valence-corrected chi connectivity index (χ1v) is 8.33. The minimum Gasteiger partial charge on any atom is -0.497 e. The Bertz CT molecular complexity index is 641. The maximum Gasteiger partial charge on any atom is 0.121 e. The van der Waals surface area contributed by atoms with Crippen LogP contribution < -0.4 is 10.1 Å². The van der Waals surface area contributed by atoms with Gasteiger partial charge in [0, 0.05) is 30.7 Å². The van der Waals surface area contributed by atoms with Gasteiger partial charge in [0.2, 0.25) is 0 Å². The average molecular weight is 315 g/mol. The lowest BCUT2D eigenvalue weighted by atomic mass is 10.1. The maximum absolute atomic E-state index is 10.3. The van der Waals surface area contributed by atoms with E-state index >= 15 is 0 Å². The number of aliphatic hydroxyl groups is 1. The zero-order chi connectivity index (χ0) is 16.1. The quantitative estimate of drug-likeness (QED) is 0.858. The van der Waals surface area contributed by atoms with Crippen molar-refractivity contribution in [3.8, 4) is 5.75 Å². The molecule has 0 unspecified atom stereocenters. The molecular formula is C18H25N3O2. The predicted octanol–water partition coefficient (Wildman–Crippen LogP) is 2.50. The Labute approximate surface area is 137 Å². The molecule has 1 atom stereocenters. The van der Waals surface area contributed by atoms with E-state index in [1.165, 1.54) is 19.3 Å². The van der Waals surface area contributed by atoms with Gasteiger partial charge < -0.3 is 20.1 Å². The third-order valence-electron chi connectivity index (χ3n) is 4.36. The van der Waals surface area contributed by atoms with Gasteiger partial charge in [0.25, 0.3) is 0 Å². The van der Waals surface area contributed by atoms with Crippen LogP contribution in [0.5, 0.6) is 5.75 Å². The summed E-state index contributed by atoms with van der Waals surface area (Å²) in [5.41, 5.74) is 1.80. The van der Waals surface area contributed by atoms with Crippen LogP contribution in [-0.4, -0.2) is 54.4 Å². The van der Waals surface area contributed by atoms with E-state index in [4.69, 9.17) is 4.74 Å². The molecule has 0 bridgehead atoms. The Morgan fingerprint density at radius 1 is 1.30 bits per heavy atom. The summed E-state index contributed by atoms with van der Waals surface area (Å²) in [6, 6.07) is 7.83. The molecule has 1 fully saturated rings. The smallest absolute Gasteiger partial charge is 0.121 e. The van der Waals surface area contributed by atoms with E-state index in [1.54, 1.807) is 13.3 Å². The fourth-order valence-electron chi connectivity index (χ4n) is 3.15. The summed E-state index contributed by atoms with van der Waals surface area (Å²) in [5, 5.41) is 14.7. The molecule has 0 radical (unpaired) electrons. The number of rotatable bonds is 6. The van der Waals surface area contributed by atoms with Gasteiger partial charge >= 0.3 is 0 Å². The zero-order valence-corrected chi connectivity index (χ0v) is 13.7. The molecule has 2 aromatic rings. The first kappa shape index (κ1) is 16.0. The second kappa shape index (κ2) is 7.62. The maximum atomic E-state index is 10.3. The molecule has 0 amide bonds. The number of aromatic nitrogens is 1. The van der Waals surface area contributed by atoms with E-state index in [2.05, 4.69) is 15.2 Å². The minimum absolute atomic E-state index is 0.391. The van der Waals surface area contributed by atoms with E-state index in [0.29, 0.717) is 6.54 Å². The number of hydrogen-bond acceptors (Lipinski definition) is 5. The van der Waals surface area contributed by atoms with Crippen LogP contribution in [0, 0.1) is 0 Å². The van der Waals surface area contributed by atoms with E-state index in [-0.39, 0.29) is 0 Å². The van der Waals surface area contributed by atoms with E-state index in [9.17, 15) is 5.11 Å². The number of nitrogens with one attached hydrogen (secondary N) is 1. The Kier molecular flexibility index (Phi) is 5.31. The van der Waals surface area contributed by atoms with E-state index in [0.717, 1.165) is 42.0 Å². The summed E-state index contributed by atoms with van der Waals surface area (Å²) in [4.78, 5) is 6.79. The average Bonchev–Trinajstić information content (AvgIpc) is 2.60. The molecule has 0 spiro atoms. The first-order valence-electron chi connectivity index (χ1n) is 8.33. The van der Waals surface area contributed by atoms with Crippen LogP contribution >= 0.6 is 0 Å². The lowest BCUT2D eigenvalue weighted by molar-refractivity contribution is 0.110. The molecule has 2 heterocycles. The Balaban J connectivity index is 1.66. The van der Waals surface area contributed by atoms with E-state index in [1.807, 2.05) is 24.3 Å². The van der Waals surface area contributed by atoms with Crippen molar-refractivity contribution in [2.45, 2.75) is 25.4 Å². The van der Waals surface area contributed by atoms with Crippen molar-refractivity contribution in [2.75, 3.05) is 38.6 Å². The number of aliphatic hydroxyl groups excluding tert-OH is 1. The molecule has 1 aromatic carbocycles. The molecule has 1 aliphatic heterocycles. The highest BCUT2D eigenvalue weighted by Gasteiger charge is 2.15. The van der Waals surface area contributed by atoms with Crippen molar-refractivity contribution >= 4 is 16.6 Å². The summed E-state index contributed by atoms with van der Waals surface area (Å²) >= 11 is 0. The summed E-state index contributed by atoms with van der Waals surface area (Å²) in [7, 11) is 1.66. The fourth-order valence-corrected chi connectivity index (χ4v) is 3.15. The van der Waals surface area contributed by atoms with Gasteiger partial charge in [-0.05, 0) is 38.1 Å². The van der Waals surface area contributed by atoms with Gasteiger partial charge in [0.05, 0.1) is 24.4 Å². The molecule has 5 nitrogen and oxygen atoms in total. The summed E-state index contributed by atoms with van der Waals surface area (Å²) in [6.07, 6.45) is 5.18. The second-order valence-electron chi connectivity index (χ2n) is 6.15. The van der Waals surface area contributed by atoms with Crippen LogP contribution in [0.3, 0.4) is 0 Å². The number of anilines is 1. The number of nitrogens with zero attached hydrogens (tertiary/aromatic N) is 2. The van der Waals surface area contributed by atoms with Crippen molar-refractivity contribution in [3.63, 3.8) is 0 Å². The van der Waals surface area contributed by atoms with Crippen LogP contribution in [-0.2, 0) is 0 Å². The van der Waals surface area contributed by atoms with Crippen LogP contribution in [0.4, 0.5) is 5.69 Å². The SMILES string of the molecule is COc1cc(NC[C@H](O)CN2CCCCC2)c2ncccc2c1. The predicted molar refractivity (Wildman–Crippen MR) is 93.1 cm³/mol. The standard InChI is InChI=1S/C18H25N3O2/c1-23-16-10-14-6-5-7-19-18(14)17(11-16)20-12-15(22)13-21-8-3-2-4-9-21/h5-7,10-11,15,20,22H,2-4,8-9,12-13H2,1H3/t15-/m0/s1. The van der Waals surface area contributed by atoms with E-state index < -0.39 is 6.10 Å². The first-order chi connectivity index (χ1) is 11.3. The van der Waals surface area contributed by atoms with Gasteiger partial charge in [-0.1, -0.05) is 12.5 Å². The highest BCUT2D eigenvalue weighted by molar-refractivity contribution is 5.91. The molecule has 0 saturated carbocycles. The summed E-state index contributed by atoms with van der Waals surface area (Å²) < 4.78 is 5.35. The number of hydrogen-bond donors (Lipinski definition) is 2. The lowest BCUT2D eigenvalue weighted by Crippen LogP contribution is -2.39. The molecule has 1 aliphatic rings. The molecule has 1 saturated heterocycles. The number of pyridine rings is 1. The Morgan fingerprint density at radius 3 is 2.91 bits per heavy atom. The number of likely N-dealkylation sites (tertiary alicyclic amines) is 1. The van der Waals surface area contributed by atoms with Gasteiger partial charge in [-0.3, -0.25) is 4.98 Å². The highest BCUT2D eigenvalue weighted by atomic mass is 16.5. The molecule has 1 aromatic heterocycles. The Hall–Kier alpha value is -1.85. The molecule has 124 valence electrons. The third kappa shape index (κ3) is 4.12. The second-order valence-corrected chi connectivity index (χ2v) is 6.15. The monoisotopic (exact) mass is 315 g/mol. The molecule has 0 aliphatic carbocycles. The van der Waals surface area contributed by atoms with Gasteiger partial charge in [0.15, 0.2) is 0 Å². The zero-order valence-electron chi connectivity index (χ0n) is 13.7. The molecule has 23 heavy (non-hydrogen) atoms. The van der Waals surface area contributed by atoms with Crippen molar-refractivity contribution in [3.05, 3.63) is 30.5 Å². The molecule has 2 N–H and O–H groups in total. The number of benzene rings is 1. The minimum atomic E-state index is -0.391. The highest BCUT2D eigenvalue weighted by Crippen LogP contribution is 2.27. The van der Waals surface area contributed by atoms with Crippen molar-refractivity contribution in [2.24, 2.45) is 0 Å². The number of fused-ring (bicyclic) bond motifs is 1. The van der Waals surface area contributed by atoms with Crippen LogP contribution in [0.2, 0.25) is 0 Å². The summed E-state index contributed by atoms with van der Waals surface area (Å²) in [5.74, 6) is 0.790. The number of ether oxygens (including phenoxy) is 1. The van der Waals surface area contributed by atoms with Crippen LogP contribution in [0.1, 0.15) is 19.3 Å². The topological polar surface area (TPSA) is 57.6 Å². The van der Waals surface area contributed by atoms with Crippen molar-refractivity contribution in [1.29, 1.82) is 0 Å². The van der Waals surface area contributed by atoms with Crippen LogP contribution in [0.25, 0.3) is 10.9 Å². The lowest BCUT2D eigenvalue weighted by Gasteiger charge is -2.28. The van der Waals surface area contributed by atoms with Gasteiger partial charge in [-0.2, -0.15) is 0 Å². The number of piperidine rings is 1. The fraction of sp³-hybridized carbons (Fsp3) is 0.500. The molecule has 5 heteroatoms. The summed E-state index contributed by atoms with van der Waals surface area (Å²) in [6.45, 7) is 3.43. The molecule has 3 rings (SSSR count). The Morgan fingerprint density at radius 2 is 2.13 bits per heavy atom. The number of β-amino-alcohol motifs (C(OH)–C–C–N with tert-alkyl or cyclic N) is 1. The normalized spacial score (nSPS) is 17.1.